The molecule has 0 aromatic carbocycles. The molecule has 1 saturated carbocycles. The maximum absolute atomic E-state index is 11.2. The van der Waals surface area contributed by atoms with E-state index in [1.807, 2.05) is 6.92 Å². The lowest BCUT2D eigenvalue weighted by atomic mass is 10.1. The van der Waals surface area contributed by atoms with Crippen LogP contribution in [-0.2, 0) is 9.53 Å². The van der Waals surface area contributed by atoms with Gasteiger partial charge < -0.3 is 4.74 Å². The van der Waals surface area contributed by atoms with Crippen molar-refractivity contribution in [1.82, 2.24) is 0 Å². The van der Waals surface area contributed by atoms with Gasteiger partial charge in [-0.3, -0.25) is 4.79 Å². The standard InChI is InChI=1S/C9H16O2/c1-3-4-7-11-8(10)9(2)5-6-9/h3-7H2,1-2H3. The summed E-state index contributed by atoms with van der Waals surface area (Å²) >= 11 is 0. The number of ether oxygens (including phenoxy) is 1. The SMILES string of the molecule is CCCCOC(=O)C1(C)CC1. The predicted octanol–water partition coefficient (Wildman–Crippen LogP) is 2.13. The van der Waals surface area contributed by atoms with Crippen molar-refractivity contribution in [2.24, 2.45) is 5.41 Å². The molecule has 0 aromatic rings. The Bertz CT molecular complexity index is 148. The molecule has 2 heteroatoms. The zero-order chi connectivity index (χ0) is 8.32. The van der Waals surface area contributed by atoms with Gasteiger partial charge in [-0.25, -0.2) is 0 Å². The van der Waals surface area contributed by atoms with Gasteiger partial charge in [-0.2, -0.15) is 0 Å². The van der Waals surface area contributed by atoms with Crippen LogP contribution in [0.25, 0.3) is 0 Å². The van der Waals surface area contributed by atoms with Crippen LogP contribution in [0.3, 0.4) is 0 Å². The first-order valence-electron chi connectivity index (χ1n) is 4.36. The van der Waals surface area contributed by atoms with E-state index in [1.165, 1.54) is 0 Å². The Kier molecular flexibility index (Phi) is 2.53. The molecule has 0 heterocycles. The topological polar surface area (TPSA) is 26.3 Å². The van der Waals surface area contributed by atoms with E-state index in [2.05, 4.69) is 6.92 Å². The first kappa shape index (κ1) is 8.57. The normalized spacial score (nSPS) is 19.5. The highest BCUT2D eigenvalue weighted by atomic mass is 16.5. The molecule has 0 aliphatic heterocycles. The van der Waals surface area contributed by atoms with Crippen LogP contribution in [0.5, 0.6) is 0 Å². The van der Waals surface area contributed by atoms with E-state index >= 15 is 0 Å². The van der Waals surface area contributed by atoms with Crippen LogP contribution in [0, 0.1) is 5.41 Å². The van der Waals surface area contributed by atoms with E-state index in [0.717, 1.165) is 25.7 Å². The molecule has 1 fully saturated rings. The van der Waals surface area contributed by atoms with Crippen LogP contribution in [0.15, 0.2) is 0 Å². The van der Waals surface area contributed by atoms with Crippen LogP contribution in [0.4, 0.5) is 0 Å². The second kappa shape index (κ2) is 3.24. The van der Waals surface area contributed by atoms with Crippen LogP contribution >= 0.6 is 0 Å². The van der Waals surface area contributed by atoms with E-state index in [1.54, 1.807) is 0 Å². The Morgan fingerprint density at radius 2 is 2.18 bits per heavy atom. The largest absolute Gasteiger partial charge is 0.465 e. The van der Waals surface area contributed by atoms with Crippen molar-refractivity contribution in [2.45, 2.75) is 39.5 Å². The van der Waals surface area contributed by atoms with Gasteiger partial charge in [0.25, 0.3) is 0 Å². The Hall–Kier alpha value is -0.530. The molecule has 2 nitrogen and oxygen atoms in total. The lowest BCUT2D eigenvalue weighted by Crippen LogP contribution is -2.16. The van der Waals surface area contributed by atoms with Gasteiger partial charge in [-0.1, -0.05) is 13.3 Å². The van der Waals surface area contributed by atoms with Gasteiger partial charge in [0, 0.05) is 0 Å². The fourth-order valence-corrected chi connectivity index (χ4v) is 0.875. The van der Waals surface area contributed by atoms with Crippen LogP contribution in [-0.4, -0.2) is 12.6 Å². The lowest BCUT2D eigenvalue weighted by molar-refractivity contribution is -0.149. The molecular weight excluding hydrogens is 140 g/mol. The summed E-state index contributed by atoms with van der Waals surface area (Å²) in [6.45, 7) is 4.67. The number of carbonyl (C=O) groups excluding carboxylic acids is 1. The molecule has 1 aliphatic rings. The molecule has 0 amide bonds. The molecule has 64 valence electrons. The molecule has 0 radical (unpaired) electrons. The highest BCUT2D eigenvalue weighted by Crippen LogP contribution is 2.45. The van der Waals surface area contributed by atoms with Crippen LogP contribution in [0.1, 0.15) is 39.5 Å². The number of carbonyl (C=O) groups is 1. The molecule has 0 unspecified atom stereocenters. The summed E-state index contributed by atoms with van der Waals surface area (Å²) in [5, 5.41) is 0. The smallest absolute Gasteiger partial charge is 0.311 e. The van der Waals surface area contributed by atoms with Crippen LogP contribution < -0.4 is 0 Å². The van der Waals surface area contributed by atoms with Crippen molar-refractivity contribution in [3.8, 4) is 0 Å². The molecule has 0 bridgehead atoms. The van der Waals surface area contributed by atoms with E-state index in [0.29, 0.717) is 6.61 Å². The average Bonchev–Trinajstić information content (AvgIpc) is 2.70. The quantitative estimate of drug-likeness (QED) is 0.460. The van der Waals surface area contributed by atoms with Crippen molar-refractivity contribution in [2.75, 3.05) is 6.61 Å². The van der Waals surface area contributed by atoms with Crippen LogP contribution in [0.2, 0.25) is 0 Å². The molecule has 1 aliphatic carbocycles. The van der Waals surface area contributed by atoms with Crippen molar-refractivity contribution < 1.29 is 9.53 Å². The Morgan fingerprint density at radius 1 is 1.55 bits per heavy atom. The number of unbranched alkanes of at least 4 members (excludes halogenated alkanes) is 1. The fraction of sp³-hybridized carbons (Fsp3) is 0.889. The predicted molar refractivity (Wildman–Crippen MR) is 43.2 cm³/mol. The number of rotatable bonds is 4. The van der Waals surface area contributed by atoms with Crippen molar-refractivity contribution in [3.05, 3.63) is 0 Å². The third-order valence-electron chi connectivity index (χ3n) is 2.22. The van der Waals surface area contributed by atoms with Gasteiger partial charge in [0.15, 0.2) is 0 Å². The molecule has 11 heavy (non-hydrogen) atoms. The highest BCUT2D eigenvalue weighted by Gasteiger charge is 2.46. The minimum atomic E-state index is -0.103. The molecular formula is C9H16O2. The van der Waals surface area contributed by atoms with Gasteiger partial charge in [0.1, 0.15) is 0 Å². The van der Waals surface area contributed by atoms with Gasteiger partial charge in [-0.15, -0.1) is 0 Å². The summed E-state index contributed by atoms with van der Waals surface area (Å²) in [5.41, 5.74) is -0.103. The van der Waals surface area contributed by atoms with Gasteiger partial charge in [0.2, 0.25) is 0 Å². The van der Waals surface area contributed by atoms with Crippen molar-refractivity contribution in [3.63, 3.8) is 0 Å². The first-order chi connectivity index (χ1) is 5.19. The molecule has 0 spiro atoms. The van der Waals surface area contributed by atoms with Crippen molar-refractivity contribution in [1.29, 1.82) is 0 Å². The zero-order valence-corrected chi connectivity index (χ0v) is 7.35. The van der Waals surface area contributed by atoms with E-state index in [-0.39, 0.29) is 11.4 Å². The fourth-order valence-electron chi connectivity index (χ4n) is 0.875. The maximum Gasteiger partial charge on any atom is 0.311 e. The van der Waals surface area contributed by atoms with Crippen molar-refractivity contribution >= 4 is 5.97 Å². The van der Waals surface area contributed by atoms with E-state index < -0.39 is 0 Å². The number of hydrogen-bond donors (Lipinski definition) is 0. The van der Waals surface area contributed by atoms with Gasteiger partial charge >= 0.3 is 5.97 Å². The summed E-state index contributed by atoms with van der Waals surface area (Å²) in [4.78, 5) is 11.2. The lowest BCUT2D eigenvalue weighted by Gasteiger charge is -2.07. The Balaban J connectivity index is 2.12. The monoisotopic (exact) mass is 156 g/mol. The maximum atomic E-state index is 11.2. The number of hydrogen-bond acceptors (Lipinski definition) is 2. The van der Waals surface area contributed by atoms with Gasteiger partial charge in [-0.05, 0) is 26.2 Å². The summed E-state index contributed by atoms with van der Waals surface area (Å²) in [5.74, 6) is 0.00551. The second-order valence-electron chi connectivity index (χ2n) is 3.55. The minimum absolute atomic E-state index is 0.00551. The molecule has 0 saturated heterocycles. The molecule has 0 aromatic heterocycles. The number of esters is 1. The molecule has 0 atom stereocenters. The summed E-state index contributed by atoms with van der Waals surface area (Å²) in [6, 6.07) is 0. The average molecular weight is 156 g/mol. The Labute approximate surface area is 67.9 Å². The molecule has 0 N–H and O–H groups in total. The van der Waals surface area contributed by atoms with Gasteiger partial charge in [0.05, 0.1) is 12.0 Å². The third-order valence-corrected chi connectivity index (χ3v) is 2.22. The van der Waals surface area contributed by atoms with E-state index in [9.17, 15) is 4.79 Å². The highest BCUT2D eigenvalue weighted by molar-refractivity contribution is 5.79. The minimum Gasteiger partial charge on any atom is -0.465 e. The summed E-state index contributed by atoms with van der Waals surface area (Å²) in [6.07, 6.45) is 4.10. The zero-order valence-electron chi connectivity index (χ0n) is 7.35. The van der Waals surface area contributed by atoms with E-state index in [4.69, 9.17) is 4.74 Å². The summed E-state index contributed by atoms with van der Waals surface area (Å²) < 4.78 is 5.07. The molecule has 1 rings (SSSR count). The Morgan fingerprint density at radius 3 is 2.64 bits per heavy atom. The third kappa shape index (κ3) is 2.21. The first-order valence-corrected chi connectivity index (χ1v) is 4.36. The second-order valence-corrected chi connectivity index (χ2v) is 3.55. The summed E-state index contributed by atoms with van der Waals surface area (Å²) in [7, 11) is 0.